The van der Waals surface area contributed by atoms with E-state index in [2.05, 4.69) is 135 Å². The predicted molar refractivity (Wildman–Crippen MR) is 220 cm³/mol. The molecule has 0 bridgehead atoms. The van der Waals surface area contributed by atoms with E-state index < -0.39 is 0 Å². The van der Waals surface area contributed by atoms with Crippen molar-refractivity contribution in [2.75, 3.05) is 0 Å². The molecule has 3 heterocycles. The summed E-state index contributed by atoms with van der Waals surface area (Å²) in [4.78, 5) is 4.72. The van der Waals surface area contributed by atoms with Crippen molar-refractivity contribution >= 4 is 21.8 Å². The summed E-state index contributed by atoms with van der Waals surface area (Å²) in [6.45, 7) is 23.1. The van der Waals surface area contributed by atoms with Crippen LogP contribution in [0.5, 0.6) is 11.5 Å². The molecule has 0 spiro atoms. The Balaban J connectivity index is 0.00000497. The molecule has 4 aromatic carbocycles. The van der Waals surface area contributed by atoms with Gasteiger partial charge in [-0.15, -0.1) is 35.7 Å². The first kappa shape index (κ1) is 39.2. The molecule has 0 N–H and O–H groups in total. The molecule has 7 rings (SSSR count). The fraction of sp³-hybridized carbons (Fsp3) is 0.333. The van der Waals surface area contributed by atoms with E-state index in [9.17, 15) is 0 Å². The van der Waals surface area contributed by atoms with Crippen molar-refractivity contribution in [1.82, 2.24) is 19.3 Å². The first-order valence-corrected chi connectivity index (χ1v) is 19.1. The maximum atomic E-state index is 6.48. The Morgan fingerprint density at radius 3 is 2.24 bits per heavy atom. The molecular weight excluding hydrogens is 844 g/mol. The van der Waals surface area contributed by atoms with E-state index in [4.69, 9.17) is 14.8 Å². The second-order valence-corrected chi connectivity index (χ2v) is 16.8. The Hall–Kier alpha value is -4.47. The van der Waals surface area contributed by atoms with E-state index in [-0.39, 0.29) is 26.5 Å². The number of rotatable bonds is 10. The molecule has 0 fully saturated rings. The van der Waals surface area contributed by atoms with Gasteiger partial charge in [0.15, 0.2) is 0 Å². The SMILES string of the molecule is Cc1ccnc(-n2c3[c-]c(Oc4[c-]c(-n5cc(-c6c(C(C)C)cc(CC(C)C)c(CC(C)C)c6C(C)(C)C)cn5)ccc4)ccc3c3ccccc32)c1.[Pt+2]. The Morgan fingerprint density at radius 2 is 1.54 bits per heavy atom. The van der Waals surface area contributed by atoms with Gasteiger partial charge in [0, 0.05) is 35.0 Å². The third-order valence-corrected chi connectivity index (χ3v) is 9.95. The molecule has 54 heavy (non-hydrogen) atoms. The van der Waals surface area contributed by atoms with Crippen LogP contribution in [0.25, 0.3) is 44.4 Å². The standard InChI is InChI=1S/C48H52N4O.Pt/c1-30(2)22-34-25-41(32(5)6)46(47(48(8,9)10)42(34)23-31(3)4)35-28-50-51(29-35)36-14-13-15-37(26-36)53-38-18-19-40-39-16-11-12-17-43(39)52(44(40)27-38)45-24-33(7)20-21-49-45;/h11-21,24-25,28-32H,22-23H2,1-10H3;/q-2;+2. The van der Waals surface area contributed by atoms with E-state index in [1.165, 1.54) is 27.8 Å². The Kier molecular flexibility index (Phi) is 11.4. The summed E-state index contributed by atoms with van der Waals surface area (Å²) >= 11 is 0. The maximum Gasteiger partial charge on any atom is 2.00 e. The molecule has 0 radical (unpaired) electrons. The van der Waals surface area contributed by atoms with Gasteiger partial charge in [0.25, 0.3) is 0 Å². The molecule has 0 aliphatic carbocycles. The van der Waals surface area contributed by atoms with E-state index in [1.54, 1.807) is 0 Å². The average molecular weight is 896 g/mol. The Bertz CT molecular complexity index is 2420. The van der Waals surface area contributed by atoms with Gasteiger partial charge in [-0.1, -0.05) is 92.1 Å². The number of fused-ring (bicyclic) bond motifs is 3. The van der Waals surface area contributed by atoms with Crippen LogP contribution < -0.4 is 4.74 Å². The first-order valence-electron chi connectivity index (χ1n) is 19.1. The van der Waals surface area contributed by atoms with Gasteiger partial charge >= 0.3 is 21.1 Å². The molecule has 0 saturated heterocycles. The first-order chi connectivity index (χ1) is 25.3. The van der Waals surface area contributed by atoms with Crippen LogP contribution in [-0.4, -0.2) is 19.3 Å². The minimum Gasteiger partial charge on any atom is -0.509 e. The zero-order valence-corrected chi connectivity index (χ0v) is 35.6. The van der Waals surface area contributed by atoms with Gasteiger partial charge in [0.05, 0.1) is 6.20 Å². The molecule has 3 aromatic heterocycles. The number of aromatic nitrogens is 4. The van der Waals surface area contributed by atoms with Crippen molar-refractivity contribution in [3.05, 3.63) is 131 Å². The van der Waals surface area contributed by atoms with Crippen LogP contribution in [0.15, 0.2) is 91.4 Å². The summed E-state index contributed by atoms with van der Waals surface area (Å²) < 4.78 is 10.6. The molecule has 0 atom stereocenters. The third kappa shape index (κ3) is 7.84. The summed E-state index contributed by atoms with van der Waals surface area (Å²) in [5.74, 6) is 3.57. The zero-order valence-electron chi connectivity index (χ0n) is 33.3. The van der Waals surface area contributed by atoms with E-state index in [1.807, 2.05) is 47.4 Å². The van der Waals surface area contributed by atoms with Crippen LogP contribution in [0.2, 0.25) is 0 Å². The number of aryl methyl sites for hydroxylation is 1. The smallest absolute Gasteiger partial charge is 0.509 e. The minimum atomic E-state index is -0.0448. The van der Waals surface area contributed by atoms with Gasteiger partial charge in [-0.2, -0.15) is 17.2 Å². The summed E-state index contributed by atoms with van der Waals surface area (Å²) in [7, 11) is 0. The number of ether oxygens (including phenoxy) is 1. The fourth-order valence-electron chi connectivity index (χ4n) is 7.81. The molecule has 7 aromatic rings. The van der Waals surface area contributed by atoms with Crippen LogP contribution >= 0.6 is 0 Å². The zero-order chi connectivity index (χ0) is 37.6. The largest absolute Gasteiger partial charge is 2.00 e. The second kappa shape index (κ2) is 15.7. The predicted octanol–water partition coefficient (Wildman–Crippen LogP) is 12.5. The van der Waals surface area contributed by atoms with Gasteiger partial charge < -0.3 is 9.30 Å². The monoisotopic (exact) mass is 895 g/mol. The van der Waals surface area contributed by atoms with Crippen molar-refractivity contribution in [3.63, 3.8) is 0 Å². The number of para-hydroxylation sites is 1. The van der Waals surface area contributed by atoms with Crippen LogP contribution in [0.1, 0.15) is 96.0 Å². The van der Waals surface area contributed by atoms with E-state index in [0.717, 1.165) is 57.3 Å². The van der Waals surface area contributed by atoms with Crippen molar-refractivity contribution in [2.45, 2.75) is 93.4 Å². The van der Waals surface area contributed by atoms with Gasteiger partial charge in [0.1, 0.15) is 5.82 Å². The van der Waals surface area contributed by atoms with Crippen LogP contribution in [0.4, 0.5) is 0 Å². The van der Waals surface area contributed by atoms with E-state index in [0.29, 0.717) is 29.3 Å². The number of hydrogen-bond acceptors (Lipinski definition) is 3. The molecule has 5 nitrogen and oxygen atoms in total. The maximum absolute atomic E-state index is 6.48. The molecule has 0 aliphatic heterocycles. The summed E-state index contributed by atoms with van der Waals surface area (Å²) in [5, 5.41) is 7.18. The van der Waals surface area contributed by atoms with E-state index >= 15 is 0 Å². The fourth-order valence-corrected chi connectivity index (χ4v) is 7.81. The second-order valence-electron chi connectivity index (χ2n) is 16.8. The van der Waals surface area contributed by atoms with Crippen molar-refractivity contribution < 1.29 is 25.8 Å². The number of pyridine rings is 1. The van der Waals surface area contributed by atoms with Gasteiger partial charge in [-0.3, -0.25) is 4.68 Å². The normalized spacial score (nSPS) is 12.0. The molecule has 0 amide bonds. The molecule has 6 heteroatoms. The molecule has 0 saturated carbocycles. The van der Waals surface area contributed by atoms with Gasteiger partial charge in [-0.05, 0) is 106 Å². The summed E-state index contributed by atoms with van der Waals surface area (Å²) in [5.41, 5.74) is 12.2. The molecular formula is C48H52N4OPt. The molecule has 0 aliphatic rings. The van der Waals surface area contributed by atoms with Gasteiger partial charge in [0.2, 0.25) is 0 Å². The van der Waals surface area contributed by atoms with Crippen LogP contribution in [-0.2, 0) is 39.3 Å². The molecule has 280 valence electrons. The van der Waals surface area contributed by atoms with Crippen LogP contribution in [0, 0.1) is 30.9 Å². The molecule has 0 unspecified atom stereocenters. The number of hydrogen-bond donors (Lipinski definition) is 0. The van der Waals surface area contributed by atoms with Crippen molar-refractivity contribution in [1.29, 1.82) is 0 Å². The Morgan fingerprint density at radius 1 is 0.796 bits per heavy atom. The van der Waals surface area contributed by atoms with Crippen molar-refractivity contribution in [3.8, 4) is 34.1 Å². The average Bonchev–Trinajstić information content (AvgIpc) is 3.71. The Labute approximate surface area is 336 Å². The summed E-state index contributed by atoms with van der Waals surface area (Å²) in [6, 6.07) is 32.1. The minimum absolute atomic E-state index is 0. The quantitative estimate of drug-likeness (QED) is 0.129. The van der Waals surface area contributed by atoms with Gasteiger partial charge in [-0.25, -0.2) is 4.98 Å². The van der Waals surface area contributed by atoms with Crippen molar-refractivity contribution in [2.24, 2.45) is 11.8 Å². The van der Waals surface area contributed by atoms with Crippen LogP contribution in [0.3, 0.4) is 0 Å². The summed E-state index contributed by atoms with van der Waals surface area (Å²) in [6.07, 6.45) is 8.19. The number of nitrogens with zero attached hydrogens (tertiary/aromatic N) is 4. The topological polar surface area (TPSA) is 44.9 Å². The third-order valence-electron chi connectivity index (χ3n) is 9.95. The number of benzene rings is 4.